The van der Waals surface area contributed by atoms with Crippen molar-refractivity contribution in [2.24, 2.45) is 0 Å². The van der Waals surface area contributed by atoms with E-state index in [4.69, 9.17) is 14.7 Å². The van der Waals surface area contributed by atoms with Crippen LogP contribution in [0.5, 0.6) is 5.75 Å². The van der Waals surface area contributed by atoms with E-state index in [-0.39, 0.29) is 17.5 Å². The van der Waals surface area contributed by atoms with Crippen molar-refractivity contribution in [1.82, 2.24) is 24.7 Å². The number of piperidine rings is 1. The molecule has 38 heavy (non-hydrogen) atoms. The lowest BCUT2D eigenvalue weighted by Crippen LogP contribution is -2.39. The minimum atomic E-state index is -1.57. The molecule has 3 aromatic heterocycles. The Labute approximate surface area is 218 Å². The van der Waals surface area contributed by atoms with Gasteiger partial charge in [0, 0.05) is 50.3 Å². The van der Waals surface area contributed by atoms with E-state index >= 15 is 0 Å². The van der Waals surface area contributed by atoms with Crippen LogP contribution in [0.1, 0.15) is 44.1 Å². The highest BCUT2D eigenvalue weighted by Crippen LogP contribution is 2.32. The minimum absolute atomic E-state index is 0.0273. The largest absolute Gasteiger partial charge is 0.487 e. The summed E-state index contributed by atoms with van der Waals surface area (Å²) in [7, 11) is 0. The molecule has 0 saturated carbocycles. The summed E-state index contributed by atoms with van der Waals surface area (Å²) >= 11 is 0. The molecule has 4 aromatic rings. The van der Waals surface area contributed by atoms with Gasteiger partial charge in [0.1, 0.15) is 34.4 Å². The van der Waals surface area contributed by atoms with Gasteiger partial charge in [-0.2, -0.15) is 5.10 Å². The molecule has 1 aliphatic heterocycles. The number of hydrogen-bond acceptors (Lipinski definition) is 8. The summed E-state index contributed by atoms with van der Waals surface area (Å²) in [5, 5.41) is 14.5. The van der Waals surface area contributed by atoms with Gasteiger partial charge in [0.05, 0.1) is 17.9 Å². The lowest BCUT2D eigenvalue weighted by molar-refractivity contribution is 0.0482. The third-order valence-corrected chi connectivity index (χ3v) is 6.48. The van der Waals surface area contributed by atoms with Gasteiger partial charge in [-0.15, -0.1) is 0 Å². The van der Waals surface area contributed by atoms with Crippen molar-refractivity contribution < 1.29 is 23.4 Å². The molecular weight excluding hydrogens is 494 g/mol. The normalized spacial score (nSPS) is 14.7. The molecule has 11 heteroatoms. The van der Waals surface area contributed by atoms with Gasteiger partial charge in [-0.1, -0.05) is 0 Å². The number of rotatable bonds is 7. The van der Waals surface area contributed by atoms with Crippen LogP contribution in [0.15, 0.2) is 42.9 Å². The predicted octanol–water partition coefficient (Wildman–Crippen LogP) is 4.19. The molecule has 1 saturated heterocycles. The highest BCUT2D eigenvalue weighted by atomic mass is 19.1. The molecule has 4 heterocycles. The van der Waals surface area contributed by atoms with Crippen LogP contribution in [-0.4, -0.2) is 60.4 Å². The summed E-state index contributed by atoms with van der Waals surface area (Å²) in [6.45, 7) is 6.63. The highest BCUT2D eigenvalue weighted by Gasteiger charge is 2.29. The van der Waals surface area contributed by atoms with Crippen molar-refractivity contribution in [3.63, 3.8) is 0 Å². The standard InChI is InChI=1S/C27H28F2N6O3/c1-4-35-15-16(13-31-35)24-26(33-20-12-21(25(36)27(2,3)37)30-14-22(20)32-24)34-9-7-18(8-10-34)38-23-6-5-17(28)11-19(23)29/h5-6,11-15,18,37H,4,7-10H2,1-3H3. The molecule has 1 aromatic carbocycles. The fourth-order valence-electron chi connectivity index (χ4n) is 4.40. The first-order chi connectivity index (χ1) is 18.1. The Morgan fingerprint density at radius 2 is 1.89 bits per heavy atom. The zero-order valence-corrected chi connectivity index (χ0v) is 21.4. The molecule has 0 spiro atoms. The number of Topliss-reactive ketones (excluding diaryl/α,β-unsaturated/α-hetero) is 1. The molecule has 1 aliphatic rings. The fraction of sp³-hybridized carbons (Fsp3) is 0.370. The van der Waals surface area contributed by atoms with Gasteiger partial charge in [-0.25, -0.2) is 18.7 Å². The van der Waals surface area contributed by atoms with Crippen LogP contribution in [0.25, 0.3) is 22.3 Å². The summed E-state index contributed by atoms with van der Waals surface area (Å²) in [5.41, 5.74) is 0.929. The van der Waals surface area contributed by atoms with Crippen molar-refractivity contribution in [2.45, 2.75) is 51.9 Å². The Kier molecular flexibility index (Phi) is 6.78. The summed E-state index contributed by atoms with van der Waals surface area (Å²) in [6, 6.07) is 4.82. The second-order valence-corrected chi connectivity index (χ2v) is 9.81. The van der Waals surface area contributed by atoms with E-state index in [2.05, 4.69) is 15.0 Å². The molecule has 0 atom stereocenters. The van der Waals surface area contributed by atoms with Gasteiger partial charge in [0.25, 0.3) is 0 Å². The monoisotopic (exact) mass is 522 g/mol. The van der Waals surface area contributed by atoms with Gasteiger partial charge in [0.2, 0.25) is 5.78 Å². The second-order valence-electron chi connectivity index (χ2n) is 9.81. The van der Waals surface area contributed by atoms with Crippen LogP contribution in [0, 0.1) is 11.6 Å². The number of aryl methyl sites for hydroxylation is 1. The lowest BCUT2D eigenvalue weighted by atomic mass is 10.0. The van der Waals surface area contributed by atoms with Crippen LogP contribution < -0.4 is 9.64 Å². The molecule has 0 bridgehead atoms. The number of aliphatic hydroxyl groups is 1. The van der Waals surface area contributed by atoms with Crippen LogP contribution in [0.4, 0.5) is 14.6 Å². The summed E-state index contributed by atoms with van der Waals surface area (Å²) in [6.07, 6.45) is 6.04. The van der Waals surface area contributed by atoms with E-state index in [1.165, 1.54) is 32.2 Å². The van der Waals surface area contributed by atoms with E-state index in [9.17, 15) is 18.7 Å². The maximum absolute atomic E-state index is 14.1. The van der Waals surface area contributed by atoms with Gasteiger partial charge in [-0.05, 0) is 39.0 Å². The zero-order valence-electron chi connectivity index (χ0n) is 21.4. The number of anilines is 1. The van der Waals surface area contributed by atoms with Crippen molar-refractivity contribution >= 4 is 22.6 Å². The SMILES string of the molecule is CCn1cc(-c2nc3cnc(C(=O)C(C)(C)O)cc3nc2N2CCC(Oc3ccc(F)cc3F)CC2)cn1. The van der Waals surface area contributed by atoms with Crippen molar-refractivity contribution in [2.75, 3.05) is 18.0 Å². The summed E-state index contributed by atoms with van der Waals surface area (Å²) < 4.78 is 34.9. The lowest BCUT2D eigenvalue weighted by Gasteiger charge is -2.33. The third kappa shape index (κ3) is 5.19. The molecule has 9 nitrogen and oxygen atoms in total. The van der Waals surface area contributed by atoms with Crippen molar-refractivity contribution in [3.8, 4) is 17.0 Å². The van der Waals surface area contributed by atoms with Crippen molar-refractivity contribution in [1.29, 1.82) is 0 Å². The van der Waals surface area contributed by atoms with E-state index in [1.54, 1.807) is 16.9 Å². The predicted molar refractivity (Wildman–Crippen MR) is 137 cm³/mol. The Morgan fingerprint density at radius 3 is 2.55 bits per heavy atom. The van der Waals surface area contributed by atoms with E-state index in [1.807, 2.05) is 13.1 Å². The van der Waals surface area contributed by atoms with Crippen LogP contribution in [0.2, 0.25) is 0 Å². The fourth-order valence-corrected chi connectivity index (χ4v) is 4.40. The van der Waals surface area contributed by atoms with Crippen molar-refractivity contribution in [3.05, 3.63) is 60.2 Å². The van der Waals surface area contributed by atoms with Gasteiger partial charge >= 0.3 is 0 Å². The number of ketones is 1. The molecule has 0 amide bonds. The van der Waals surface area contributed by atoms with Gasteiger partial charge < -0.3 is 14.7 Å². The van der Waals surface area contributed by atoms with Gasteiger partial charge in [0.15, 0.2) is 17.4 Å². The van der Waals surface area contributed by atoms with E-state index in [0.29, 0.717) is 55.0 Å². The Hall–Kier alpha value is -3.99. The van der Waals surface area contributed by atoms with Crippen LogP contribution in [0.3, 0.4) is 0 Å². The molecule has 198 valence electrons. The summed E-state index contributed by atoms with van der Waals surface area (Å²) in [4.78, 5) is 28.6. The number of ether oxygens (including phenoxy) is 1. The Bertz CT molecular complexity index is 1490. The number of carbonyl (C=O) groups excluding carboxylic acids is 1. The maximum atomic E-state index is 14.1. The first-order valence-corrected chi connectivity index (χ1v) is 12.5. The number of nitrogens with zero attached hydrogens (tertiary/aromatic N) is 6. The number of aromatic nitrogens is 5. The first-order valence-electron chi connectivity index (χ1n) is 12.5. The van der Waals surface area contributed by atoms with Crippen LogP contribution in [-0.2, 0) is 6.54 Å². The third-order valence-electron chi connectivity index (χ3n) is 6.48. The average molecular weight is 523 g/mol. The molecule has 5 rings (SSSR count). The quantitative estimate of drug-likeness (QED) is 0.360. The molecule has 0 aliphatic carbocycles. The molecule has 1 N–H and O–H groups in total. The molecule has 0 radical (unpaired) electrons. The smallest absolute Gasteiger partial charge is 0.212 e. The number of hydrogen-bond donors (Lipinski definition) is 1. The molecule has 1 fully saturated rings. The first kappa shape index (κ1) is 25.7. The Morgan fingerprint density at radius 1 is 1.13 bits per heavy atom. The number of carbonyl (C=O) groups is 1. The average Bonchev–Trinajstić information content (AvgIpc) is 3.38. The number of pyridine rings is 1. The number of fused-ring (bicyclic) bond motifs is 1. The zero-order chi connectivity index (χ0) is 27.0. The summed E-state index contributed by atoms with van der Waals surface area (Å²) in [5.74, 6) is -1.25. The van der Waals surface area contributed by atoms with E-state index < -0.39 is 23.0 Å². The minimum Gasteiger partial charge on any atom is -0.487 e. The Balaban J connectivity index is 1.46. The molecule has 0 unspecified atom stereocenters. The maximum Gasteiger partial charge on any atom is 0.212 e. The molecular formula is C27H28F2N6O3. The second kappa shape index (κ2) is 10.1. The highest BCUT2D eigenvalue weighted by molar-refractivity contribution is 6.02. The van der Waals surface area contributed by atoms with E-state index in [0.717, 1.165) is 11.6 Å². The van der Waals surface area contributed by atoms with Gasteiger partial charge in [-0.3, -0.25) is 14.5 Å². The number of halogens is 2. The van der Waals surface area contributed by atoms with Crippen LogP contribution >= 0.6 is 0 Å². The topological polar surface area (TPSA) is 106 Å². The number of benzene rings is 1.